The van der Waals surface area contributed by atoms with Crippen LogP contribution in [0.4, 0.5) is 0 Å². The smallest absolute Gasteiger partial charge is 0.131 e. The minimum atomic E-state index is 0.0577. The zero-order valence-electron chi connectivity index (χ0n) is 24.7. The Kier molecular flexibility index (Phi) is 5.41. The van der Waals surface area contributed by atoms with Crippen LogP contribution >= 0.6 is 0 Å². The van der Waals surface area contributed by atoms with Gasteiger partial charge in [0.05, 0.1) is 0 Å². The lowest BCUT2D eigenvalue weighted by atomic mass is 9.45. The Hall–Kier alpha value is -2.82. The maximum Gasteiger partial charge on any atom is 0.131 e. The van der Waals surface area contributed by atoms with E-state index >= 15 is 0 Å². The normalized spacial score (nSPS) is 40.8. The predicted molar refractivity (Wildman–Crippen MR) is 166 cm³/mol. The third-order valence-electron chi connectivity index (χ3n) is 12.4. The van der Waals surface area contributed by atoms with Gasteiger partial charge in [-0.3, -0.25) is 0 Å². The predicted octanol–water partition coefficient (Wildman–Crippen LogP) is 8.37. The van der Waals surface area contributed by atoms with Crippen LogP contribution in [0.15, 0.2) is 72.8 Å². The van der Waals surface area contributed by atoms with Crippen molar-refractivity contribution < 1.29 is 9.47 Å². The summed E-state index contributed by atoms with van der Waals surface area (Å²) in [5, 5.41) is 0. The van der Waals surface area contributed by atoms with Crippen LogP contribution < -0.4 is 20.9 Å². The maximum atomic E-state index is 6.88. The maximum absolute atomic E-state index is 6.88. The van der Waals surface area contributed by atoms with E-state index in [-0.39, 0.29) is 21.9 Å². The third-order valence-corrected chi connectivity index (χ3v) is 12.4. The van der Waals surface area contributed by atoms with Gasteiger partial charge >= 0.3 is 0 Å². The van der Waals surface area contributed by atoms with Crippen LogP contribution in [0.25, 0.3) is 0 Å². The van der Waals surface area contributed by atoms with Crippen molar-refractivity contribution >= 4 is 0 Å². The average molecular weight is 561 g/mol. The molecular weight excluding hydrogens is 516 g/mol. The van der Waals surface area contributed by atoms with Crippen LogP contribution in [0.3, 0.4) is 0 Å². The quantitative estimate of drug-likeness (QED) is 0.318. The molecule has 218 valence electrons. The molecule has 0 radical (unpaired) electrons. The first-order valence-electron chi connectivity index (χ1n) is 16.5. The van der Waals surface area contributed by atoms with E-state index < -0.39 is 0 Å². The lowest BCUT2D eigenvalue weighted by molar-refractivity contribution is -0.0229. The molecule has 8 bridgehead atoms. The highest BCUT2D eigenvalue weighted by molar-refractivity contribution is 5.43. The van der Waals surface area contributed by atoms with Gasteiger partial charge in [-0.05, 0) is 159 Å². The summed E-state index contributed by atoms with van der Waals surface area (Å²) in [6.45, 7) is 0. The van der Waals surface area contributed by atoms with Gasteiger partial charge in [0.1, 0.15) is 23.0 Å². The van der Waals surface area contributed by atoms with E-state index in [9.17, 15) is 0 Å². The van der Waals surface area contributed by atoms with Gasteiger partial charge in [0.15, 0.2) is 0 Å². The molecule has 3 aromatic rings. The summed E-state index contributed by atoms with van der Waals surface area (Å²) < 4.78 is 12.6. The molecular formula is C38H44N2O2. The Bertz CT molecular complexity index is 1370. The molecule has 8 aliphatic carbocycles. The van der Waals surface area contributed by atoms with Crippen LogP contribution in [-0.4, -0.2) is 11.1 Å². The molecule has 8 saturated carbocycles. The molecule has 4 N–H and O–H groups in total. The van der Waals surface area contributed by atoms with Crippen LogP contribution in [0.5, 0.6) is 23.0 Å². The summed E-state index contributed by atoms with van der Waals surface area (Å²) in [6, 6.07) is 25.7. The van der Waals surface area contributed by atoms with Crippen molar-refractivity contribution in [1.82, 2.24) is 0 Å². The van der Waals surface area contributed by atoms with Gasteiger partial charge in [0.25, 0.3) is 0 Å². The lowest BCUT2D eigenvalue weighted by Crippen LogP contribution is -2.61. The number of hydrogen-bond donors (Lipinski definition) is 2. The molecule has 4 atom stereocenters. The average Bonchev–Trinajstić information content (AvgIpc) is 2.91. The number of nitrogens with two attached hydrogens (primary N) is 2. The monoisotopic (exact) mass is 560 g/mol. The first kappa shape index (κ1) is 25.7. The fraction of sp³-hybridized carbons (Fsp3) is 0.526. The lowest BCUT2D eigenvalue weighted by Gasteiger charge is -2.61. The molecule has 4 heteroatoms. The first-order valence-corrected chi connectivity index (χ1v) is 16.5. The number of hydrogen-bond acceptors (Lipinski definition) is 4. The highest BCUT2D eigenvalue weighted by Gasteiger charge is 2.57. The fourth-order valence-electron chi connectivity index (χ4n) is 12.0. The molecule has 0 spiro atoms. The Morgan fingerprint density at radius 2 is 0.857 bits per heavy atom. The SMILES string of the molecule is NC12CC3CC(C1)CC(c1ccc(Oc4cccc(Oc5ccc(C67CC8CC(CC(N)(C8)C6)C7)cc5)c4)cc1)(C3)C2. The first-order chi connectivity index (χ1) is 20.3. The van der Waals surface area contributed by atoms with E-state index in [4.69, 9.17) is 20.9 Å². The summed E-state index contributed by atoms with van der Waals surface area (Å²) in [4.78, 5) is 0. The second-order valence-electron chi connectivity index (χ2n) is 15.9. The van der Waals surface area contributed by atoms with Crippen molar-refractivity contribution in [1.29, 1.82) is 0 Å². The molecule has 3 aromatic carbocycles. The number of benzene rings is 3. The van der Waals surface area contributed by atoms with Crippen molar-refractivity contribution in [3.05, 3.63) is 83.9 Å². The van der Waals surface area contributed by atoms with Crippen molar-refractivity contribution in [3.63, 3.8) is 0 Å². The highest BCUT2D eigenvalue weighted by atomic mass is 16.5. The van der Waals surface area contributed by atoms with E-state index in [0.29, 0.717) is 0 Å². The molecule has 4 unspecified atom stereocenters. The summed E-state index contributed by atoms with van der Waals surface area (Å²) in [7, 11) is 0. The van der Waals surface area contributed by atoms with Crippen LogP contribution in [0.2, 0.25) is 0 Å². The van der Waals surface area contributed by atoms with E-state index in [1.54, 1.807) is 0 Å². The van der Waals surface area contributed by atoms with Crippen LogP contribution in [0.1, 0.15) is 88.2 Å². The molecule has 4 nitrogen and oxygen atoms in total. The Morgan fingerprint density at radius 1 is 0.476 bits per heavy atom. The third kappa shape index (κ3) is 4.24. The molecule has 0 amide bonds. The van der Waals surface area contributed by atoms with Gasteiger partial charge in [-0.15, -0.1) is 0 Å². The van der Waals surface area contributed by atoms with E-state index in [0.717, 1.165) is 59.5 Å². The minimum absolute atomic E-state index is 0.0577. The Labute approximate surface area is 250 Å². The summed E-state index contributed by atoms with van der Waals surface area (Å²) >= 11 is 0. The van der Waals surface area contributed by atoms with Gasteiger partial charge in [-0.25, -0.2) is 0 Å². The van der Waals surface area contributed by atoms with Crippen molar-refractivity contribution in [2.75, 3.05) is 0 Å². The second-order valence-corrected chi connectivity index (χ2v) is 15.9. The number of rotatable bonds is 6. The molecule has 0 heterocycles. The summed E-state index contributed by atoms with van der Waals surface area (Å²) in [6.07, 6.45) is 15.2. The zero-order chi connectivity index (χ0) is 28.2. The second kappa shape index (κ2) is 8.86. The van der Waals surface area contributed by atoms with Crippen molar-refractivity contribution in [2.24, 2.45) is 35.1 Å². The van der Waals surface area contributed by atoms with E-state index in [2.05, 4.69) is 48.5 Å². The van der Waals surface area contributed by atoms with Gasteiger partial charge < -0.3 is 20.9 Å². The Balaban J connectivity index is 0.883. The van der Waals surface area contributed by atoms with E-state index in [1.165, 1.54) is 75.3 Å². The fourth-order valence-corrected chi connectivity index (χ4v) is 12.0. The standard InChI is InChI=1S/C38H44N2O2/c39-37-19-25-12-26(20-37)16-35(15-25,23-37)29-4-8-31(9-5-29)41-33-2-1-3-34(14-33)42-32-10-6-30(7-11-32)36-17-27-13-28(18-36)22-38(40,21-27)24-36/h1-11,14,25-28H,12-13,15-24,39-40H2. The van der Waals surface area contributed by atoms with Crippen molar-refractivity contribution in [3.8, 4) is 23.0 Å². The van der Waals surface area contributed by atoms with Gasteiger partial charge in [0, 0.05) is 17.1 Å². The summed E-state index contributed by atoms with van der Waals surface area (Å²) in [5.74, 6) is 6.52. The molecule has 42 heavy (non-hydrogen) atoms. The molecule has 0 aromatic heterocycles. The summed E-state index contributed by atoms with van der Waals surface area (Å²) in [5.41, 5.74) is 17.3. The minimum Gasteiger partial charge on any atom is -0.457 e. The molecule has 8 fully saturated rings. The van der Waals surface area contributed by atoms with Crippen molar-refractivity contribution in [2.45, 2.75) is 99.0 Å². The molecule has 11 rings (SSSR count). The molecule has 0 saturated heterocycles. The zero-order valence-corrected chi connectivity index (χ0v) is 24.7. The van der Waals surface area contributed by atoms with Crippen LogP contribution in [-0.2, 0) is 10.8 Å². The number of ether oxygens (including phenoxy) is 2. The topological polar surface area (TPSA) is 70.5 Å². The van der Waals surface area contributed by atoms with E-state index in [1.807, 2.05) is 24.3 Å². The largest absolute Gasteiger partial charge is 0.457 e. The van der Waals surface area contributed by atoms with Gasteiger partial charge in [-0.1, -0.05) is 30.3 Å². The molecule has 8 aliphatic rings. The van der Waals surface area contributed by atoms with Gasteiger partial charge in [-0.2, -0.15) is 0 Å². The van der Waals surface area contributed by atoms with Gasteiger partial charge in [0.2, 0.25) is 0 Å². The Morgan fingerprint density at radius 3 is 1.21 bits per heavy atom. The highest BCUT2D eigenvalue weighted by Crippen LogP contribution is 2.62. The van der Waals surface area contributed by atoms with Crippen LogP contribution in [0, 0.1) is 23.7 Å². The molecule has 0 aliphatic heterocycles.